The summed E-state index contributed by atoms with van der Waals surface area (Å²) in [6.45, 7) is 8.65. The maximum atomic E-state index is 4.05. The molecule has 0 nitrogen and oxygen atoms in total. The normalized spacial score (nSPS) is 30.4. The number of allylic oxidation sites excluding steroid dienone is 1. The van der Waals surface area contributed by atoms with Gasteiger partial charge in [-0.3, -0.25) is 0 Å². The van der Waals surface area contributed by atoms with Gasteiger partial charge >= 0.3 is 0 Å². The summed E-state index contributed by atoms with van der Waals surface area (Å²) in [5.74, 6) is 1.69. The molecule has 11 heavy (non-hydrogen) atoms. The van der Waals surface area contributed by atoms with E-state index in [1.165, 1.54) is 24.8 Å². The van der Waals surface area contributed by atoms with Crippen LogP contribution in [0.5, 0.6) is 0 Å². The Morgan fingerprint density at radius 1 is 1.27 bits per heavy atom. The smallest absolute Gasteiger partial charge is 0.0234 e. The zero-order valence-corrected chi connectivity index (χ0v) is 7.64. The predicted molar refractivity (Wildman–Crippen MR) is 51.2 cm³/mol. The third-order valence-corrected chi connectivity index (χ3v) is 2.40. The van der Waals surface area contributed by atoms with Gasteiger partial charge in [-0.05, 0) is 31.1 Å². The quantitative estimate of drug-likeness (QED) is 0.367. The molecule has 0 aromatic rings. The van der Waals surface area contributed by atoms with Gasteiger partial charge in [0, 0.05) is 0 Å². The van der Waals surface area contributed by atoms with Crippen LogP contribution in [0.3, 0.4) is 0 Å². The highest BCUT2D eigenvalue weighted by atomic mass is 14.2. The molecule has 1 fully saturated rings. The lowest BCUT2D eigenvalue weighted by Crippen LogP contribution is -2.11. The van der Waals surface area contributed by atoms with Crippen molar-refractivity contribution in [3.05, 3.63) is 12.2 Å². The number of rotatable bonds is 0. The highest BCUT2D eigenvalue weighted by molar-refractivity contribution is 5.02. The average molecular weight is 150 g/mol. The Morgan fingerprint density at radius 3 is 2.18 bits per heavy atom. The van der Waals surface area contributed by atoms with E-state index < -0.39 is 0 Å². The summed E-state index contributed by atoms with van der Waals surface area (Å²) in [6.07, 6.45) is 12.0. The molecule has 0 aliphatic heterocycles. The molecule has 0 heterocycles. The van der Waals surface area contributed by atoms with Crippen LogP contribution in [-0.2, 0) is 0 Å². The molecule has 0 spiro atoms. The van der Waals surface area contributed by atoms with Crippen molar-refractivity contribution in [3.63, 3.8) is 0 Å². The molecule has 1 aliphatic rings. The molecule has 1 rings (SSSR count). The summed E-state index contributed by atoms with van der Waals surface area (Å²) >= 11 is 0. The molecule has 1 aliphatic carbocycles. The fourth-order valence-corrected chi connectivity index (χ4v) is 1.49. The molecule has 0 aromatic carbocycles. The van der Waals surface area contributed by atoms with Crippen molar-refractivity contribution in [1.29, 1.82) is 0 Å². The van der Waals surface area contributed by atoms with Gasteiger partial charge in [0.15, 0.2) is 0 Å². The first-order valence-electron chi connectivity index (χ1n) is 4.21. The van der Waals surface area contributed by atoms with Gasteiger partial charge in [-0.15, -0.1) is 12.8 Å². The SMILES string of the molecule is C#C.C=C1CC(C)CCC1C. The van der Waals surface area contributed by atoms with Crippen LogP contribution in [0.25, 0.3) is 0 Å². The van der Waals surface area contributed by atoms with Crippen molar-refractivity contribution in [3.8, 4) is 12.8 Å². The first-order valence-corrected chi connectivity index (χ1v) is 4.21. The van der Waals surface area contributed by atoms with E-state index in [-0.39, 0.29) is 0 Å². The van der Waals surface area contributed by atoms with Gasteiger partial charge in [0.05, 0.1) is 0 Å². The van der Waals surface area contributed by atoms with E-state index >= 15 is 0 Å². The van der Waals surface area contributed by atoms with Crippen molar-refractivity contribution in [2.45, 2.75) is 33.1 Å². The Hall–Kier alpha value is -0.700. The van der Waals surface area contributed by atoms with Crippen LogP contribution in [0.2, 0.25) is 0 Å². The van der Waals surface area contributed by atoms with E-state index in [1.54, 1.807) is 0 Å². The molecule has 0 aromatic heterocycles. The third kappa shape index (κ3) is 3.28. The summed E-state index contributed by atoms with van der Waals surface area (Å²) < 4.78 is 0. The first-order chi connectivity index (χ1) is 5.20. The van der Waals surface area contributed by atoms with Crippen molar-refractivity contribution in [2.24, 2.45) is 11.8 Å². The Bertz CT molecular complexity index is 141. The second kappa shape index (κ2) is 5.02. The van der Waals surface area contributed by atoms with Crippen LogP contribution < -0.4 is 0 Å². The maximum absolute atomic E-state index is 4.05. The molecule has 62 valence electrons. The highest BCUT2D eigenvalue weighted by Gasteiger charge is 2.16. The standard InChI is InChI=1S/C9H16.C2H2/c1-7-4-5-8(2)9(3)6-7;1-2/h7-8H,3-6H2,1-2H3;1-2H. The van der Waals surface area contributed by atoms with Gasteiger partial charge in [0.25, 0.3) is 0 Å². The zero-order valence-electron chi connectivity index (χ0n) is 7.64. The van der Waals surface area contributed by atoms with Crippen LogP contribution >= 0.6 is 0 Å². The van der Waals surface area contributed by atoms with E-state index in [4.69, 9.17) is 0 Å². The van der Waals surface area contributed by atoms with Crippen molar-refractivity contribution >= 4 is 0 Å². The van der Waals surface area contributed by atoms with Crippen LogP contribution in [-0.4, -0.2) is 0 Å². The van der Waals surface area contributed by atoms with E-state index in [1.807, 2.05) is 0 Å². The van der Waals surface area contributed by atoms with Crippen molar-refractivity contribution in [2.75, 3.05) is 0 Å². The molecule has 0 heteroatoms. The van der Waals surface area contributed by atoms with Crippen molar-refractivity contribution < 1.29 is 0 Å². The molecule has 0 radical (unpaired) electrons. The van der Waals surface area contributed by atoms with Crippen LogP contribution in [0, 0.1) is 24.7 Å². The average Bonchev–Trinajstić information content (AvgIpc) is 2.02. The molecule has 0 saturated heterocycles. The molecular formula is C11H18. The summed E-state index contributed by atoms with van der Waals surface area (Å²) in [4.78, 5) is 0. The molecule has 2 atom stereocenters. The van der Waals surface area contributed by atoms with Crippen LogP contribution in [0.15, 0.2) is 12.2 Å². The Kier molecular flexibility index (Phi) is 4.70. The monoisotopic (exact) mass is 150 g/mol. The second-order valence-electron chi connectivity index (χ2n) is 3.45. The van der Waals surface area contributed by atoms with E-state index in [0.29, 0.717) is 0 Å². The molecule has 1 saturated carbocycles. The van der Waals surface area contributed by atoms with Gasteiger partial charge in [0.1, 0.15) is 0 Å². The summed E-state index contributed by atoms with van der Waals surface area (Å²) in [7, 11) is 0. The summed E-state index contributed by atoms with van der Waals surface area (Å²) in [5.41, 5.74) is 1.47. The van der Waals surface area contributed by atoms with Gasteiger partial charge in [0.2, 0.25) is 0 Å². The second-order valence-corrected chi connectivity index (χ2v) is 3.45. The van der Waals surface area contributed by atoms with Gasteiger partial charge < -0.3 is 0 Å². The zero-order chi connectivity index (χ0) is 8.85. The molecule has 2 unspecified atom stereocenters. The van der Waals surface area contributed by atoms with E-state index in [0.717, 1.165) is 11.8 Å². The van der Waals surface area contributed by atoms with E-state index in [9.17, 15) is 0 Å². The third-order valence-electron chi connectivity index (χ3n) is 2.40. The number of hydrogen-bond donors (Lipinski definition) is 0. The molecular weight excluding hydrogens is 132 g/mol. The minimum atomic E-state index is 0.793. The lowest BCUT2D eigenvalue weighted by atomic mass is 9.81. The topological polar surface area (TPSA) is 0 Å². The van der Waals surface area contributed by atoms with Crippen LogP contribution in [0.4, 0.5) is 0 Å². The number of hydrogen-bond acceptors (Lipinski definition) is 0. The highest BCUT2D eigenvalue weighted by Crippen LogP contribution is 2.31. The van der Waals surface area contributed by atoms with E-state index in [2.05, 4.69) is 33.3 Å². The minimum absolute atomic E-state index is 0.793. The largest absolute Gasteiger partial charge is 0.124 e. The van der Waals surface area contributed by atoms with Gasteiger partial charge in [-0.25, -0.2) is 0 Å². The molecule has 0 amide bonds. The summed E-state index contributed by atoms with van der Waals surface area (Å²) in [6, 6.07) is 0. The maximum Gasteiger partial charge on any atom is -0.0234 e. The molecule has 0 N–H and O–H groups in total. The van der Waals surface area contributed by atoms with Gasteiger partial charge in [-0.1, -0.05) is 26.0 Å². The first kappa shape index (κ1) is 10.3. The fraction of sp³-hybridized carbons (Fsp3) is 0.636. The van der Waals surface area contributed by atoms with Crippen LogP contribution in [0.1, 0.15) is 33.1 Å². The number of terminal acetylenes is 1. The lowest BCUT2D eigenvalue weighted by Gasteiger charge is -2.25. The minimum Gasteiger partial charge on any atom is -0.124 e. The molecule has 0 bridgehead atoms. The Labute approximate surface area is 70.7 Å². The predicted octanol–water partition coefficient (Wildman–Crippen LogP) is 3.25. The van der Waals surface area contributed by atoms with Crippen molar-refractivity contribution in [1.82, 2.24) is 0 Å². The lowest BCUT2D eigenvalue weighted by molar-refractivity contribution is 0.388. The fourth-order valence-electron chi connectivity index (χ4n) is 1.49. The Morgan fingerprint density at radius 2 is 1.82 bits per heavy atom. The Balaban J connectivity index is 0.000000461. The van der Waals surface area contributed by atoms with Gasteiger partial charge in [-0.2, -0.15) is 0 Å². The summed E-state index contributed by atoms with van der Waals surface area (Å²) in [5, 5.41) is 0.